The maximum Gasteiger partial charge on any atom is 0.200 e. The summed E-state index contributed by atoms with van der Waals surface area (Å²) < 4.78 is 6.35. The molecule has 0 radical (unpaired) electrons. The van der Waals surface area contributed by atoms with Crippen molar-refractivity contribution < 1.29 is 24.2 Å². The van der Waals surface area contributed by atoms with Crippen LogP contribution in [0, 0.1) is 22.2 Å². The van der Waals surface area contributed by atoms with Crippen molar-refractivity contribution >= 4 is 17.3 Å². The summed E-state index contributed by atoms with van der Waals surface area (Å²) in [6.45, 7) is 15.4. The Morgan fingerprint density at radius 3 is 2.18 bits per heavy atom. The molecule has 1 aromatic rings. The fourth-order valence-electron chi connectivity index (χ4n) is 6.80. The molecular formula is C33H42O5. The van der Waals surface area contributed by atoms with Gasteiger partial charge in [-0.15, -0.1) is 0 Å². The van der Waals surface area contributed by atoms with Gasteiger partial charge in [0, 0.05) is 12.0 Å². The zero-order valence-corrected chi connectivity index (χ0v) is 24.1. The number of hydrogen-bond acceptors (Lipinski definition) is 5. The first-order valence-electron chi connectivity index (χ1n) is 13.7. The Labute approximate surface area is 227 Å². The second-order valence-corrected chi connectivity index (χ2v) is 13.1. The molecule has 1 heterocycles. The second kappa shape index (κ2) is 9.44. The van der Waals surface area contributed by atoms with Crippen LogP contribution in [-0.4, -0.2) is 34.2 Å². The highest BCUT2D eigenvalue weighted by atomic mass is 16.5. The summed E-state index contributed by atoms with van der Waals surface area (Å²) in [7, 11) is 0. The summed E-state index contributed by atoms with van der Waals surface area (Å²) in [4.78, 5) is 43.7. The van der Waals surface area contributed by atoms with Crippen molar-refractivity contribution in [2.75, 3.05) is 0 Å². The maximum atomic E-state index is 14.9. The third kappa shape index (κ3) is 4.14. The Bertz CT molecular complexity index is 1250. The van der Waals surface area contributed by atoms with Crippen LogP contribution in [-0.2, 0) is 14.3 Å². The van der Waals surface area contributed by atoms with Crippen LogP contribution in [0.5, 0.6) is 0 Å². The number of benzene rings is 1. The zero-order valence-electron chi connectivity index (χ0n) is 24.1. The lowest BCUT2D eigenvalue weighted by molar-refractivity contribution is -0.169. The SMILES string of the molecule is CC(C)=CC[C@H]1C[C@]23C[C@@H](C(C)(C)O)OC2=C(C(=O)c2ccccc2)C(=O)[C@](CC=C(C)C)(C3=O)C1(C)C. The number of ketones is 3. The maximum absolute atomic E-state index is 14.9. The number of Topliss-reactive ketones (excluding diaryl/α,β-unsaturated/α-hetero) is 3. The predicted molar refractivity (Wildman–Crippen MR) is 148 cm³/mol. The molecule has 5 nitrogen and oxygen atoms in total. The third-order valence-electron chi connectivity index (χ3n) is 9.29. The first-order valence-corrected chi connectivity index (χ1v) is 13.7. The molecule has 1 saturated heterocycles. The number of carbonyl (C=O) groups excluding carboxylic acids is 3. The Kier molecular flexibility index (Phi) is 7.01. The fraction of sp³-hybridized carbons (Fsp3) is 0.545. The van der Waals surface area contributed by atoms with Gasteiger partial charge >= 0.3 is 0 Å². The van der Waals surface area contributed by atoms with Crippen molar-refractivity contribution in [3.63, 3.8) is 0 Å². The Balaban J connectivity index is 2.06. The van der Waals surface area contributed by atoms with E-state index in [1.165, 1.54) is 5.57 Å². The second-order valence-electron chi connectivity index (χ2n) is 13.1. The van der Waals surface area contributed by atoms with Gasteiger partial charge in [-0.2, -0.15) is 0 Å². The van der Waals surface area contributed by atoms with Crippen molar-refractivity contribution in [2.45, 2.75) is 92.8 Å². The van der Waals surface area contributed by atoms with Gasteiger partial charge in [-0.05, 0) is 72.1 Å². The minimum absolute atomic E-state index is 0.00264. The van der Waals surface area contributed by atoms with E-state index >= 15 is 0 Å². The first kappa shape index (κ1) is 28.2. The number of carbonyl (C=O) groups is 3. The molecule has 1 N–H and O–H groups in total. The highest BCUT2D eigenvalue weighted by Gasteiger charge is 2.75. The Hall–Kier alpha value is -2.79. The van der Waals surface area contributed by atoms with E-state index in [4.69, 9.17) is 4.74 Å². The van der Waals surface area contributed by atoms with E-state index in [-0.39, 0.29) is 35.9 Å². The molecule has 0 unspecified atom stereocenters. The summed E-state index contributed by atoms with van der Waals surface area (Å²) in [6.07, 6.45) is 5.11. The normalized spacial score (nSPS) is 29.9. The molecule has 1 saturated carbocycles. The van der Waals surface area contributed by atoms with E-state index in [0.717, 1.165) is 12.0 Å². The Morgan fingerprint density at radius 2 is 1.63 bits per heavy atom. The number of rotatable bonds is 7. The minimum atomic E-state index is -1.41. The molecule has 3 aliphatic rings. The molecular weight excluding hydrogens is 476 g/mol. The number of fused-ring (bicyclic) bond motifs is 1. The van der Waals surface area contributed by atoms with E-state index < -0.39 is 39.5 Å². The molecule has 1 aliphatic heterocycles. The molecule has 2 fully saturated rings. The van der Waals surface area contributed by atoms with Gasteiger partial charge in [0.25, 0.3) is 0 Å². The van der Waals surface area contributed by atoms with Crippen molar-refractivity contribution in [1.29, 1.82) is 0 Å². The lowest BCUT2D eigenvalue weighted by Crippen LogP contribution is -2.66. The standard InChI is InChI=1S/C33H42O5/c1-20(2)14-15-23-18-32-19-24(31(7,8)37)38-28(32)25(26(34)22-12-10-9-11-13-22)27(35)33(29(32)36,30(23,5)6)17-16-21(3)4/h9-14,16,23-24,37H,15,17-19H2,1-8H3/t23-,24-,32-,33+/m0/s1. The highest BCUT2D eigenvalue weighted by molar-refractivity contribution is 6.35. The lowest BCUT2D eigenvalue weighted by atomic mass is 9.40. The van der Waals surface area contributed by atoms with Crippen LogP contribution in [0.25, 0.3) is 0 Å². The van der Waals surface area contributed by atoms with Gasteiger partial charge in [0.05, 0.1) is 11.0 Å². The Morgan fingerprint density at radius 1 is 1.03 bits per heavy atom. The van der Waals surface area contributed by atoms with Crippen molar-refractivity contribution in [1.82, 2.24) is 0 Å². The molecule has 5 heteroatoms. The summed E-state index contributed by atoms with van der Waals surface area (Å²) in [5, 5.41) is 11.0. The van der Waals surface area contributed by atoms with Crippen LogP contribution in [0.4, 0.5) is 0 Å². The van der Waals surface area contributed by atoms with Crippen molar-refractivity contribution in [3.05, 3.63) is 70.5 Å². The third-order valence-corrected chi connectivity index (χ3v) is 9.29. The van der Waals surface area contributed by atoms with Gasteiger partial charge in [-0.1, -0.05) is 67.5 Å². The zero-order chi connectivity index (χ0) is 28.3. The average molecular weight is 519 g/mol. The summed E-state index contributed by atoms with van der Waals surface area (Å²) in [5.41, 5.74) is -1.96. The van der Waals surface area contributed by atoms with Gasteiger partial charge < -0.3 is 9.84 Å². The van der Waals surface area contributed by atoms with E-state index in [0.29, 0.717) is 12.0 Å². The van der Waals surface area contributed by atoms with Crippen LogP contribution in [0.3, 0.4) is 0 Å². The molecule has 204 valence electrons. The number of ether oxygens (including phenoxy) is 1. The van der Waals surface area contributed by atoms with Crippen LogP contribution in [0.1, 0.15) is 91.4 Å². The topological polar surface area (TPSA) is 80.7 Å². The van der Waals surface area contributed by atoms with Crippen LogP contribution < -0.4 is 0 Å². The molecule has 4 atom stereocenters. The smallest absolute Gasteiger partial charge is 0.200 e. The van der Waals surface area contributed by atoms with Gasteiger partial charge in [0.2, 0.25) is 0 Å². The van der Waals surface area contributed by atoms with E-state index in [1.54, 1.807) is 38.1 Å². The average Bonchev–Trinajstić information content (AvgIpc) is 3.21. The fourth-order valence-corrected chi connectivity index (χ4v) is 6.80. The highest BCUT2D eigenvalue weighted by Crippen LogP contribution is 2.69. The van der Waals surface area contributed by atoms with Gasteiger partial charge in [0.1, 0.15) is 22.9 Å². The van der Waals surface area contributed by atoms with E-state index in [1.807, 2.05) is 39.8 Å². The molecule has 4 rings (SSSR count). The molecule has 2 aliphatic carbocycles. The number of aliphatic hydroxyl groups is 1. The van der Waals surface area contributed by atoms with Gasteiger partial charge in [-0.25, -0.2) is 0 Å². The molecule has 0 amide bonds. The van der Waals surface area contributed by atoms with E-state index in [2.05, 4.69) is 19.9 Å². The summed E-state index contributed by atoms with van der Waals surface area (Å²) in [5.74, 6) is -0.838. The van der Waals surface area contributed by atoms with Gasteiger partial charge in [-0.3, -0.25) is 14.4 Å². The van der Waals surface area contributed by atoms with Crippen LogP contribution >= 0.6 is 0 Å². The van der Waals surface area contributed by atoms with Crippen molar-refractivity contribution in [2.24, 2.45) is 22.2 Å². The molecule has 1 spiro atoms. The minimum Gasteiger partial charge on any atom is -0.490 e. The summed E-state index contributed by atoms with van der Waals surface area (Å²) >= 11 is 0. The predicted octanol–water partition coefficient (Wildman–Crippen LogP) is 6.57. The first-order chi connectivity index (χ1) is 17.6. The molecule has 2 bridgehead atoms. The lowest BCUT2D eigenvalue weighted by Gasteiger charge is -2.59. The summed E-state index contributed by atoms with van der Waals surface area (Å²) in [6, 6.07) is 8.73. The largest absolute Gasteiger partial charge is 0.490 e. The monoisotopic (exact) mass is 518 g/mol. The molecule has 1 aromatic carbocycles. The number of allylic oxidation sites excluding steroid dienone is 6. The van der Waals surface area contributed by atoms with E-state index in [9.17, 15) is 19.5 Å². The number of hydrogen-bond donors (Lipinski definition) is 1. The quantitative estimate of drug-likeness (QED) is 0.191. The molecule has 0 aromatic heterocycles. The van der Waals surface area contributed by atoms with Crippen LogP contribution in [0.2, 0.25) is 0 Å². The van der Waals surface area contributed by atoms with Crippen molar-refractivity contribution in [3.8, 4) is 0 Å². The molecule has 38 heavy (non-hydrogen) atoms. The van der Waals surface area contributed by atoms with Gasteiger partial charge in [0.15, 0.2) is 17.3 Å². The van der Waals surface area contributed by atoms with Crippen LogP contribution in [0.15, 0.2) is 65.0 Å².